The minimum Gasteiger partial charge on any atom is -0.340 e. The number of carbonyl (C=O) groups excluding carboxylic acids is 1. The highest BCUT2D eigenvalue weighted by atomic mass is 35.5. The summed E-state index contributed by atoms with van der Waals surface area (Å²) in [6.07, 6.45) is 1.69. The summed E-state index contributed by atoms with van der Waals surface area (Å²) in [7, 11) is 1.82. The third-order valence-electron chi connectivity index (χ3n) is 3.93. The topological polar surface area (TPSA) is 61.0 Å². The number of rotatable bonds is 4. The van der Waals surface area contributed by atoms with Crippen LogP contribution in [-0.2, 0) is 11.3 Å². The van der Waals surface area contributed by atoms with Gasteiger partial charge in [0.15, 0.2) is 0 Å². The van der Waals surface area contributed by atoms with Gasteiger partial charge in [-0.2, -0.15) is 0 Å². The number of hydrogen-bond donors (Lipinski definition) is 2. The predicted octanol–water partition coefficient (Wildman–Crippen LogP) is 2.17. The van der Waals surface area contributed by atoms with Crippen molar-refractivity contribution in [2.45, 2.75) is 19.4 Å². The fourth-order valence-corrected chi connectivity index (χ4v) is 2.89. The Bertz CT molecular complexity index is 648. The van der Waals surface area contributed by atoms with Gasteiger partial charge in [-0.3, -0.25) is 4.79 Å². The summed E-state index contributed by atoms with van der Waals surface area (Å²) in [5.41, 5.74) is 1.77. The van der Waals surface area contributed by atoms with Crippen LogP contribution in [0.1, 0.15) is 18.7 Å². The van der Waals surface area contributed by atoms with E-state index < -0.39 is 0 Å². The van der Waals surface area contributed by atoms with Crippen LogP contribution in [0.2, 0.25) is 5.02 Å². The minimum atomic E-state index is 0.169. The third kappa shape index (κ3) is 3.36. The van der Waals surface area contributed by atoms with E-state index in [1.165, 1.54) is 0 Å². The molecule has 2 heterocycles. The molecule has 1 saturated heterocycles. The molecule has 6 heteroatoms. The Morgan fingerprint density at radius 3 is 3.14 bits per heavy atom. The molecule has 5 nitrogen and oxygen atoms in total. The highest BCUT2D eigenvalue weighted by molar-refractivity contribution is 6.31. The van der Waals surface area contributed by atoms with Crippen LogP contribution in [-0.4, -0.2) is 40.9 Å². The number of halogens is 1. The van der Waals surface area contributed by atoms with Crippen molar-refractivity contribution in [2.75, 3.05) is 20.1 Å². The van der Waals surface area contributed by atoms with Gasteiger partial charge in [-0.05, 0) is 43.6 Å². The molecule has 112 valence electrons. The number of amides is 1. The van der Waals surface area contributed by atoms with Crippen molar-refractivity contribution in [2.24, 2.45) is 5.92 Å². The standard InChI is InChI=1S/C15H19ClN4O/c1-20(15(21)6-10-4-5-17-8-10)9-14-18-12-3-2-11(16)7-13(12)19-14/h2-3,7,10,17H,4-6,8-9H2,1H3,(H,18,19)/t10-/m1/s1. The molecule has 0 unspecified atom stereocenters. The van der Waals surface area contributed by atoms with Crippen LogP contribution in [0.5, 0.6) is 0 Å². The van der Waals surface area contributed by atoms with Crippen molar-refractivity contribution in [3.8, 4) is 0 Å². The first-order chi connectivity index (χ1) is 10.1. The average Bonchev–Trinajstić information content (AvgIpc) is 3.07. The monoisotopic (exact) mass is 306 g/mol. The molecule has 1 aromatic heterocycles. The molecule has 1 amide bonds. The molecule has 0 radical (unpaired) electrons. The summed E-state index contributed by atoms with van der Waals surface area (Å²) in [6.45, 7) is 2.46. The number of nitrogens with one attached hydrogen (secondary N) is 2. The molecule has 0 spiro atoms. The van der Waals surface area contributed by atoms with Crippen molar-refractivity contribution >= 4 is 28.5 Å². The fraction of sp³-hybridized carbons (Fsp3) is 0.467. The number of nitrogens with zero attached hydrogens (tertiary/aromatic N) is 2. The van der Waals surface area contributed by atoms with E-state index in [-0.39, 0.29) is 5.91 Å². The van der Waals surface area contributed by atoms with E-state index in [4.69, 9.17) is 11.6 Å². The lowest BCUT2D eigenvalue weighted by molar-refractivity contribution is -0.131. The van der Waals surface area contributed by atoms with Gasteiger partial charge in [0, 0.05) is 18.5 Å². The van der Waals surface area contributed by atoms with E-state index in [0.717, 1.165) is 36.4 Å². The molecule has 1 fully saturated rings. The second-order valence-corrected chi connectivity index (χ2v) is 6.09. The molecule has 1 atom stereocenters. The highest BCUT2D eigenvalue weighted by Crippen LogP contribution is 2.18. The van der Waals surface area contributed by atoms with Gasteiger partial charge in [0.1, 0.15) is 5.82 Å². The maximum absolute atomic E-state index is 12.2. The predicted molar refractivity (Wildman–Crippen MR) is 83.2 cm³/mol. The number of aromatic amines is 1. The zero-order chi connectivity index (χ0) is 14.8. The van der Waals surface area contributed by atoms with E-state index in [1.54, 1.807) is 4.90 Å². The van der Waals surface area contributed by atoms with Gasteiger partial charge in [-0.15, -0.1) is 0 Å². The Hall–Kier alpha value is -1.59. The van der Waals surface area contributed by atoms with Gasteiger partial charge in [0.25, 0.3) is 0 Å². The number of carbonyl (C=O) groups is 1. The van der Waals surface area contributed by atoms with E-state index >= 15 is 0 Å². The van der Waals surface area contributed by atoms with Gasteiger partial charge in [-0.25, -0.2) is 4.98 Å². The molecule has 0 aliphatic carbocycles. The molecule has 2 N–H and O–H groups in total. The SMILES string of the molecule is CN(Cc1nc2ccc(Cl)cc2[nH]1)C(=O)C[C@H]1CCNC1. The van der Waals surface area contributed by atoms with Gasteiger partial charge in [-0.1, -0.05) is 11.6 Å². The van der Waals surface area contributed by atoms with Crippen LogP contribution in [0.15, 0.2) is 18.2 Å². The Labute approximate surface area is 128 Å². The van der Waals surface area contributed by atoms with E-state index in [1.807, 2.05) is 25.2 Å². The van der Waals surface area contributed by atoms with Crippen LogP contribution in [0.3, 0.4) is 0 Å². The minimum absolute atomic E-state index is 0.169. The summed E-state index contributed by atoms with van der Waals surface area (Å²) in [4.78, 5) is 21.6. The van der Waals surface area contributed by atoms with Crippen LogP contribution >= 0.6 is 11.6 Å². The van der Waals surface area contributed by atoms with E-state index in [0.29, 0.717) is 23.9 Å². The summed E-state index contributed by atoms with van der Waals surface area (Å²) in [5, 5.41) is 3.96. The molecule has 1 aliphatic rings. The first-order valence-electron chi connectivity index (χ1n) is 7.20. The second-order valence-electron chi connectivity index (χ2n) is 5.66. The van der Waals surface area contributed by atoms with Crippen LogP contribution < -0.4 is 5.32 Å². The number of imidazole rings is 1. The van der Waals surface area contributed by atoms with Crippen molar-refractivity contribution in [3.63, 3.8) is 0 Å². The van der Waals surface area contributed by atoms with Gasteiger partial charge in [0.2, 0.25) is 5.91 Å². The van der Waals surface area contributed by atoms with Crippen molar-refractivity contribution in [1.82, 2.24) is 20.2 Å². The highest BCUT2D eigenvalue weighted by Gasteiger charge is 2.20. The maximum Gasteiger partial charge on any atom is 0.223 e. The molecular formula is C15H19ClN4O. The Morgan fingerprint density at radius 2 is 2.38 bits per heavy atom. The number of benzene rings is 1. The first-order valence-corrected chi connectivity index (χ1v) is 7.58. The van der Waals surface area contributed by atoms with Crippen LogP contribution in [0.25, 0.3) is 11.0 Å². The van der Waals surface area contributed by atoms with E-state index in [9.17, 15) is 4.79 Å². The number of fused-ring (bicyclic) bond motifs is 1. The smallest absolute Gasteiger partial charge is 0.223 e. The molecule has 0 saturated carbocycles. The molecule has 2 aromatic rings. The van der Waals surface area contributed by atoms with Crippen molar-refractivity contribution < 1.29 is 4.79 Å². The first kappa shape index (κ1) is 14.4. The zero-order valence-electron chi connectivity index (χ0n) is 12.0. The number of aromatic nitrogens is 2. The van der Waals surface area contributed by atoms with Crippen LogP contribution in [0, 0.1) is 5.92 Å². The number of H-pyrrole nitrogens is 1. The Balaban J connectivity index is 1.64. The van der Waals surface area contributed by atoms with Crippen molar-refractivity contribution in [1.29, 1.82) is 0 Å². The maximum atomic E-state index is 12.2. The largest absolute Gasteiger partial charge is 0.340 e. The molecular weight excluding hydrogens is 288 g/mol. The zero-order valence-corrected chi connectivity index (χ0v) is 12.8. The lowest BCUT2D eigenvalue weighted by Gasteiger charge is -2.17. The van der Waals surface area contributed by atoms with Crippen molar-refractivity contribution in [3.05, 3.63) is 29.0 Å². The lowest BCUT2D eigenvalue weighted by atomic mass is 10.0. The lowest BCUT2D eigenvalue weighted by Crippen LogP contribution is -2.29. The summed E-state index contributed by atoms with van der Waals surface area (Å²) >= 11 is 5.96. The molecule has 0 bridgehead atoms. The Kier molecular flexibility index (Phi) is 4.12. The Morgan fingerprint density at radius 1 is 1.52 bits per heavy atom. The summed E-state index contributed by atoms with van der Waals surface area (Å²) in [5.74, 6) is 1.42. The third-order valence-corrected chi connectivity index (χ3v) is 4.17. The second kappa shape index (κ2) is 6.03. The quantitative estimate of drug-likeness (QED) is 0.910. The molecule has 21 heavy (non-hydrogen) atoms. The molecule has 1 aliphatic heterocycles. The summed E-state index contributed by atoms with van der Waals surface area (Å²) in [6, 6.07) is 5.54. The van der Waals surface area contributed by atoms with E-state index in [2.05, 4.69) is 15.3 Å². The number of hydrogen-bond acceptors (Lipinski definition) is 3. The molecule has 3 rings (SSSR count). The van der Waals surface area contributed by atoms with Gasteiger partial charge in [0.05, 0.1) is 17.6 Å². The normalized spacial score (nSPS) is 18.3. The van der Waals surface area contributed by atoms with Crippen LogP contribution in [0.4, 0.5) is 0 Å². The average molecular weight is 307 g/mol. The fourth-order valence-electron chi connectivity index (χ4n) is 2.71. The van der Waals surface area contributed by atoms with Gasteiger partial charge >= 0.3 is 0 Å². The summed E-state index contributed by atoms with van der Waals surface area (Å²) < 4.78 is 0. The molecule has 1 aromatic carbocycles. The van der Waals surface area contributed by atoms with Gasteiger partial charge < -0.3 is 15.2 Å².